The van der Waals surface area contributed by atoms with Gasteiger partial charge in [-0.1, -0.05) is 23.8 Å². The molecule has 1 aliphatic heterocycles. The fraction of sp³-hybridized carbons (Fsp3) is 0.500. The van der Waals surface area contributed by atoms with E-state index in [9.17, 15) is 4.39 Å². The fourth-order valence-corrected chi connectivity index (χ4v) is 5.54. The zero-order valence-corrected chi connectivity index (χ0v) is 17.9. The summed E-state index contributed by atoms with van der Waals surface area (Å²) < 4.78 is 13.5. The fourth-order valence-electron chi connectivity index (χ4n) is 5.32. The molecule has 2 aromatic rings. The van der Waals surface area contributed by atoms with Crippen molar-refractivity contribution in [3.8, 4) is 11.3 Å². The van der Waals surface area contributed by atoms with Crippen molar-refractivity contribution in [1.82, 2.24) is 15.1 Å². The highest BCUT2D eigenvalue weighted by atomic mass is 35.5. The molecule has 2 heterocycles. The van der Waals surface area contributed by atoms with Crippen molar-refractivity contribution in [2.75, 3.05) is 31.5 Å². The number of halogens is 2. The first-order chi connectivity index (χ1) is 14.6. The maximum Gasteiger partial charge on any atom is 0.148 e. The Balaban J connectivity index is 1.09. The van der Waals surface area contributed by atoms with Gasteiger partial charge in [-0.05, 0) is 92.8 Å². The number of nitrogens with one attached hydrogen (secondary N) is 1. The van der Waals surface area contributed by atoms with Crippen molar-refractivity contribution in [1.29, 1.82) is 0 Å². The summed E-state index contributed by atoms with van der Waals surface area (Å²) in [6.45, 7) is 4.60. The van der Waals surface area contributed by atoms with Crippen molar-refractivity contribution >= 4 is 17.4 Å². The summed E-state index contributed by atoms with van der Waals surface area (Å²) in [6.07, 6.45) is 10.2. The average Bonchev–Trinajstić information content (AvgIpc) is 3.39. The molecule has 0 amide bonds. The lowest BCUT2D eigenvalue weighted by Gasteiger charge is -2.35. The van der Waals surface area contributed by atoms with Crippen LogP contribution in [0, 0.1) is 29.5 Å². The number of aromatic nitrogens is 2. The van der Waals surface area contributed by atoms with Crippen LogP contribution >= 0.6 is 11.6 Å². The van der Waals surface area contributed by atoms with Gasteiger partial charge < -0.3 is 10.2 Å². The first-order valence-electron chi connectivity index (χ1n) is 11.1. The number of fused-ring (bicyclic) bond motifs is 2. The standard InChI is InChI=1S/C24H28ClFN4/c25-22-4-3-20(26)13-21(22)23-5-6-24(29-28-23)27-14-16-7-9-30(10-8-16)15-19-12-17-1-2-18(19)11-17/h1-6,13,16-19H,7-12,14-15H2,(H,27,29). The molecule has 158 valence electrons. The van der Waals surface area contributed by atoms with Crippen LogP contribution in [0.5, 0.6) is 0 Å². The number of anilines is 1. The molecule has 30 heavy (non-hydrogen) atoms. The zero-order valence-electron chi connectivity index (χ0n) is 17.1. The topological polar surface area (TPSA) is 41.0 Å². The molecule has 3 unspecified atom stereocenters. The van der Waals surface area contributed by atoms with Crippen LogP contribution in [0.4, 0.5) is 10.2 Å². The summed E-state index contributed by atoms with van der Waals surface area (Å²) in [5.41, 5.74) is 1.14. The van der Waals surface area contributed by atoms with Crippen LogP contribution in [0.3, 0.4) is 0 Å². The molecule has 5 rings (SSSR count). The van der Waals surface area contributed by atoms with Crippen molar-refractivity contribution in [2.24, 2.45) is 23.7 Å². The molecule has 2 bridgehead atoms. The van der Waals surface area contributed by atoms with Gasteiger partial charge >= 0.3 is 0 Å². The summed E-state index contributed by atoms with van der Waals surface area (Å²) in [6, 6.07) is 8.00. The molecular weight excluding hydrogens is 399 g/mol. The van der Waals surface area contributed by atoms with Gasteiger partial charge in [0.05, 0.1) is 10.7 Å². The van der Waals surface area contributed by atoms with E-state index in [1.54, 1.807) is 6.07 Å². The van der Waals surface area contributed by atoms with Crippen LogP contribution < -0.4 is 5.32 Å². The van der Waals surface area contributed by atoms with Gasteiger partial charge in [0, 0.05) is 18.7 Å². The number of benzene rings is 1. The minimum Gasteiger partial charge on any atom is -0.368 e. The van der Waals surface area contributed by atoms with Crippen molar-refractivity contribution in [2.45, 2.75) is 25.7 Å². The lowest BCUT2D eigenvalue weighted by molar-refractivity contribution is 0.156. The van der Waals surface area contributed by atoms with Crippen molar-refractivity contribution in [3.63, 3.8) is 0 Å². The van der Waals surface area contributed by atoms with E-state index >= 15 is 0 Å². The molecule has 6 heteroatoms. The molecule has 4 nitrogen and oxygen atoms in total. The van der Waals surface area contributed by atoms with Crippen molar-refractivity contribution in [3.05, 3.63) is 53.3 Å². The highest BCUT2D eigenvalue weighted by molar-refractivity contribution is 6.33. The SMILES string of the molecule is Fc1ccc(Cl)c(-c2ccc(NCC3CCN(CC4CC5C=CC4C5)CC3)nn2)c1. The van der Waals surface area contributed by atoms with Gasteiger partial charge in [-0.25, -0.2) is 4.39 Å². The summed E-state index contributed by atoms with van der Waals surface area (Å²) in [7, 11) is 0. The largest absolute Gasteiger partial charge is 0.368 e. The summed E-state index contributed by atoms with van der Waals surface area (Å²) in [4.78, 5) is 2.67. The highest BCUT2D eigenvalue weighted by Gasteiger charge is 2.36. The minimum absolute atomic E-state index is 0.332. The predicted octanol–water partition coefficient (Wildman–Crippen LogP) is 5.27. The van der Waals surface area contributed by atoms with E-state index in [0.29, 0.717) is 22.2 Å². The molecule has 1 saturated carbocycles. The lowest BCUT2D eigenvalue weighted by Crippen LogP contribution is -2.39. The molecule has 0 spiro atoms. The minimum atomic E-state index is -0.332. The number of hydrogen-bond acceptors (Lipinski definition) is 4. The summed E-state index contributed by atoms with van der Waals surface area (Å²) in [5, 5.41) is 12.4. The molecule has 3 aliphatic rings. The zero-order chi connectivity index (χ0) is 20.5. The Morgan fingerprint density at radius 3 is 2.63 bits per heavy atom. The lowest BCUT2D eigenvalue weighted by atomic mass is 9.91. The third-order valence-electron chi connectivity index (χ3n) is 7.06. The van der Waals surface area contributed by atoms with Gasteiger partial charge in [-0.2, -0.15) is 0 Å². The Kier molecular flexibility index (Phi) is 5.74. The Hall–Kier alpha value is -1.98. The van der Waals surface area contributed by atoms with Gasteiger partial charge in [0.1, 0.15) is 11.6 Å². The molecule has 0 radical (unpaired) electrons. The first-order valence-corrected chi connectivity index (χ1v) is 11.5. The van der Waals surface area contributed by atoms with E-state index < -0.39 is 0 Å². The Labute approximate surface area is 182 Å². The quantitative estimate of drug-likeness (QED) is 0.638. The Bertz CT molecular complexity index is 908. The van der Waals surface area contributed by atoms with Crippen LogP contribution in [0.1, 0.15) is 25.7 Å². The van der Waals surface area contributed by atoms with E-state index in [0.717, 1.165) is 30.1 Å². The number of piperidine rings is 1. The predicted molar refractivity (Wildman–Crippen MR) is 119 cm³/mol. The van der Waals surface area contributed by atoms with Crippen LogP contribution in [0.2, 0.25) is 5.02 Å². The summed E-state index contributed by atoms with van der Waals surface area (Å²) in [5.74, 6) is 3.68. The molecule has 1 N–H and O–H groups in total. The molecule has 2 fully saturated rings. The highest BCUT2D eigenvalue weighted by Crippen LogP contribution is 2.43. The van der Waals surface area contributed by atoms with Crippen LogP contribution in [-0.2, 0) is 0 Å². The third-order valence-corrected chi connectivity index (χ3v) is 7.39. The normalized spacial score (nSPS) is 26.4. The second-order valence-electron chi connectivity index (χ2n) is 9.09. The van der Waals surface area contributed by atoms with Gasteiger partial charge in [-0.15, -0.1) is 10.2 Å². The molecule has 2 aliphatic carbocycles. The van der Waals surface area contributed by atoms with Gasteiger partial charge in [-0.3, -0.25) is 0 Å². The number of allylic oxidation sites excluding steroid dienone is 2. The van der Waals surface area contributed by atoms with E-state index in [4.69, 9.17) is 11.6 Å². The number of nitrogens with zero attached hydrogens (tertiary/aromatic N) is 3. The van der Waals surface area contributed by atoms with Crippen molar-refractivity contribution < 1.29 is 4.39 Å². The smallest absolute Gasteiger partial charge is 0.148 e. The second kappa shape index (κ2) is 8.64. The van der Waals surface area contributed by atoms with Crippen LogP contribution in [0.15, 0.2) is 42.5 Å². The number of rotatable bonds is 6. The van der Waals surface area contributed by atoms with Crippen LogP contribution in [-0.4, -0.2) is 41.3 Å². The summed E-state index contributed by atoms with van der Waals surface area (Å²) >= 11 is 6.16. The first kappa shape index (κ1) is 20.0. The van der Waals surface area contributed by atoms with E-state index in [1.807, 2.05) is 12.1 Å². The van der Waals surface area contributed by atoms with Crippen LogP contribution in [0.25, 0.3) is 11.3 Å². The molecule has 3 atom stereocenters. The monoisotopic (exact) mass is 426 g/mol. The third kappa shape index (κ3) is 4.37. The molecule has 1 aromatic heterocycles. The molecule has 1 saturated heterocycles. The maximum absolute atomic E-state index is 13.5. The van der Waals surface area contributed by atoms with E-state index in [1.165, 1.54) is 57.5 Å². The second-order valence-corrected chi connectivity index (χ2v) is 9.50. The van der Waals surface area contributed by atoms with Gasteiger partial charge in [0.15, 0.2) is 0 Å². The van der Waals surface area contributed by atoms with E-state index in [-0.39, 0.29) is 5.82 Å². The Morgan fingerprint density at radius 1 is 1.07 bits per heavy atom. The number of hydrogen-bond donors (Lipinski definition) is 1. The average molecular weight is 427 g/mol. The molecular formula is C24H28ClFN4. The molecule has 1 aromatic carbocycles. The van der Waals surface area contributed by atoms with Gasteiger partial charge in [0.25, 0.3) is 0 Å². The number of likely N-dealkylation sites (tertiary alicyclic amines) is 1. The maximum atomic E-state index is 13.5. The van der Waals surface area contributed by atoms with Gasteiger partial charge in [0.2, 0.25) is 0 Å². The Morgan fingerprint density at radius 2 is 1.93 bits per heavy atom. The van der Waals surface area contributed by atoms with E-state index in [2.05, 4.69) is 32.6 Å².